The van der Waals surface area contributed by atoms with Crippen LogP contribution in [-0.4, -0.2) is 28.5 Å². The number of hydrogen-bond acceptors (Lipinski definition) is 3. The van der Waals surface area contributed by atoms with Gasteiger partial charge in [-0.2, -0.15) is 0 Å². The molecule has 0 bridgehead atoms. The Morgan fingerprint density at radius 3 is 2.64 bits per heavy atom. The van der Waals surface area contributed by atoms with Crippen LogP contribution in [0.25, 0.3) is 0 Å². The summed E-state index contributed by atoms with van der Waals surface area (Å²) in [5.74, 6) is -1.36. The van der Waals surface area contributed by atoms with Gasteiger partial charge in [-0.3, -0.25) is 4.79 Å². The molecule has 0 aliphatic carbocycles. The minimum atomic E-state index is -1.10. The van der Waals surface area contributed by atoms with E-state index in [0.29, 0.717) is 12.1 Å². The van der Waals surface area contributed by atoms with Crippen LogP contribution in [0, 0.1) is 0 Å². The summed E-state index contributed by atoms with van der Waals surface area (Å²) < 4.78 is 0. The SMILES string of the molecule is CCNC(=O)c1ccc(C(=O)O)nc1. The lowest BCUT2D eigenvalue weighted by atomic mass is 10.2. The second-order valence-electron chi connectivity index (χ2n) is 2.60. The average molecular weight is 194 g/mol. The lowest BCUT2D eigenvalue weighted by molar-refractivity contribution is 0.0689. The van der Waals surface area contributed by atoms with E-state index in [0.717, 1.165) is 0 Å². The largest absolute Gasteiger partial charge is 0.477 e. The number of carboxylic acids is 1. The molecule has 1 aromatic rings. The smallest absolute Gasteiger partial charge is 0.354 e. The number of aromatic carboxylic acids is 1. The van der Waals surface area contributed by atoms with Crippen LogP contribution < -0.4 is 5.32 Å². The fourth-order valence-electron chi connectivity index (χ4n) is 0.917. The van der Waals surface area contributed by atoms with Gasteiger partial charge in [0.1, 0.15) is 5.69 Å². The summed E-state index contributed by atoms with van der Waals surface area (Å²) in [5, 5.41) is 11.1. The van der Waals surface area contributed by atoms with Crippen LogP contribution in [0.15, 0.2) is 18.3 Å². The molecule has 0 fully saturated rings. The molecule has 0 saturated carbocycles. The molecule has 0 aromatic carbocycles. The fraction of sp³-hybridized carbons (Fsp3) is 0.222. The second-order valence-corrected chi connectivity index (χ2v) is 2.60. The predicted molar refractivity (Wildman–Crippen MR) is 49.2 cm³/mol. The van der Waals surface area contributed by atoms with Crippen LogP contribution >= 0.6 is 0 Å². The van der Waals surface area contributed by atoms with Crippen molar-refractivity contribution in [3.63, 3.8) is 0 Å². The summed E-state index contributed by atoms with van der Waals surface area (Å²) in [6, 6.07) is 2.73. The molecule has 5 heteroatoms. The van der Waals surface area contributed by atoms with Crippen molar-refractivity contribution in [2.75, 3.05) is 6.54 Å². The van der Waals surface area contributed by atoms with Crippen LogP contribution in [0.2, 0.25) is 0 Å². The van der Waals surface area contributed by atoms with Crippen molar-refractivity contribution in [1.29, 1.82) is 0 Å². The monoisotopic (exact) mass is 194 g/mol. The average Bonchev–Trinajstić information content (AvgIpc) is 2.18. The zero-order chi connectivity index (χ0) is 10.6. The maximum atomic E-state index is 11.2. The molecule has 1 heterocycles. The predicted octanol–water partition coefficient (Wildman–Crippen LogP) is 0.530. The summed E-state index contributed by atoms with van der Waals surface area (Å²) >= 11 is 0. The minimum absolute atomic E-state index is 0.0713. The Morgan fingerprint density at radius 2 is 2.21 bits per heavy atom. The van der Waals surface area contributed by atoms with Gasteiger partial charge in [-0.1, -0.05) is 0 Å². The molecule has 2 N–H and O–H groups in total. The molecule has 1 rings (SSSR count). The highest BCUT2D eigenvalue weighted by molar-refractivity contribution is 5.94. The van der Waals surface area contributed by atoms with Gasteiger partial charge in [0.2, 0.25) is 0 Å². The molecule has 1 amide bonds. The van der Waals surface area contributed by atoms with Crippen molar-refractivity contribution < 1.29 is 14.7 Å². The molecule has 5 nitrogen and oxygen atoms in total. The lowest BCUT2D eigenvalue weighted by Crippen LogP contribution is -2.22. The van der Waals surface area contributed by atoms with Crippen molar-refractivity contribution in [1.82, 2.24) is 10.3 Å². The van der Waals surface area contributed by atoms with Crippen LogP contribution in [0.5, 0.6) is 0 Å². The molecule has 74 valence electrons. The van der Waals surface area contributed by atoms with Gasteiger partial charge in [-0.05, 0) is 19.1 Å². The van der Waals surface area contributed by atoms with Gasteiger partial charge in [-0.25, -0.2) is 9.78 Å². The highest BCUT2D eigenvalue weighted by Crippen LogP contribution is 2.00. The molecular weight excluding hydrogens is 184 g/mol. The Morgan fingerprint density at radius 1 is 1.50 bits per heavy atom. The van der Waals surface area contributed by atoms with E-state index in [1.54, 1.807) is 6.92 Å². The molecule has 0 unspecified atom stereocenters. The summed E-state index contributed by atoms with van der Waals surface area (Å²) in [6.45, 7) is 2.33. The van der Waals surface area contributed by atoms with E-state index in [-0.39, 0.29) is 11.6 Å². The maximum Gasteiger partial charge on any atom is 0.354 e. The summed E-state index contributed by atoms with van der Waals surface area (Å²) in [5.41, 5.74) is 0.287. The third kappa shape index (κ3) is 2.29. The Bertz CT molecular complexity index is 346. The zero-order valence-electron chi connectivity index (χ0n) is 7.65. The minimum Gasteiger partial charge on any atom is -0.477 e. The quantitative estimate of drug-likeness (QED) is 0.735. The van der Waals surface area contributed by atoms with E-state index in [1.165, 1.54) is 18.3 Å². The summed E-state index contributed by atoms with van der Waals surface area (Å²) in [6.07, 6.45) is 1.24. The molecule has 0 aliphatic rings. The standard InChI is InChI=1S/C9H10N2O3/c1-2-10-8(12)6-3-4-7(9(13)14)11-5-6/h3-5H,2H2,1H3,(H,10,12)(H,13,14). The van der Waals surface area contributed by atoms with Crippen LogP contribution in [0.4, 0.5) is 0 Å². The molecule has 0 radical (unpaired) electrons. The number of hydrogen-bond donors (Lipinski definition) is 2. The molecule has 14 heavy (non-hydrogen) atoms. The fourth-order valence-corrected chi connectivity index (χ4v) is 0.917. The Labute approximate surface area is 80.8 Å². The number of carbonyl (C=O) groups is 2. The number of carbonyl (C=O) groups excluding carboxylic acids is 1. The Balaban J connectivity index is 2.83. The van der Waals surface area contributed by atoms with E-state index in [4.69, 9.17) is 5.11 Å². The number of nitrogens with one attached hydrogen (secondary N) is 1. The van der Waals surface area contributed by atoms with Crippen molar-refractivity contribution in [2.45, 2.75) is 6.92 Å². The topological polar surface area (TPSA) is 79.3 Å². The normalized spacial score (nSPS) is 9.50. The highest BCUT2D eigenvalue weighted by atomic mass is 16.4. The molecule has 1 aromatic heterocycles. The van der Waals surface area contributed by atoms with Gasteiger partial charge in [0.25, 0.3) is 5.91 Å². The van der Waals surface area contributed by atoms with Gasteiger partial charge >= 0.3 is 5.97 Å². The number of aromatic nitrogens is 1. The molecular formula is C9H10N2O3. The molecule has 0 aliphatic heterocycles. The van der Waals surface area contributed by atoms with Gasteiger partial charge < -0.3 is 10.4 Å². The third-order valence-electron chi connectivity index (χ3n) is 1.58. The first-order valence-electron chi connectivity index (χ1n) is 4.12. The van der Waals surface area contributed by atoms with Gasteiger partial charge in [-0.15, -0.1) is 0 Å². The zero-order valence-corrected chi connectivity index (χ0v) is 7.65. The molecule has 0 atom stereocenters. The van der Waals surface area contributed by atoms with Crippen molar-refractivity contribution in [2.24, 2.45) is 0 Å². The first kappa shape index (κ1) is 10.2. The summed E-state index contributed by atoms with van der Waals surface area (Å²) in [7, 11) is 0. The number of carboxylic acid groups (broad SMARTS) is 1. The van der Waals surface area contributed by atoms with Gasteiger partial charge in [0, 0.05) is 12.7 Å². The highest BCUT2D eigenvalue weighted by Gasteiger charge is 2.07. The van der Waals surface area contributed by atoms with Crippen molar-refractivity contribution >= 4 is 11.9 Å². The van der Waals surface area contributed by atoms with E-state index in [2.05, 4.69) is 10.3 Å². The number of pyridine rings is 1. The van der Waals surface area contributed by atoms with E-state index in [9.17, 15) is 9.59 Å². The molecule has 0 spiro atoms. The lowest BCUT2D eigenvalue weighted by Gasteiger charge is -2.01. The van der Waals surface area contributed by atoms with E-state index >= 15 is 0 Å². The third-order valence-corrected chi connectivity index (χ3v) is 1.58. The van der Waals surface area contributed by atoms with Crippen LogP contribution in [0.3, 0.4) is 0 Å². The number of amides is 1. The van der Waals surface area contributed by atoms with Crippen LogP contribution in [0.1, 0.15) is 27.8 Å². The maximum absolute atomic E-state index is 11.2. The van der Waals surface area contributed by atoms with Gasteiger partial charge in [0.15, 0.2) is 0 Å². The van der Waals surface area contributed by atoms with E-state index in [1.807, 2.05) is 0 Å². The first-order valence-corrected chi connectivity index (χ1v) is 4.12. The number of nitrogens with zero attached hydrogens (tertiary/aromatic N) is 1. The molecule has 0 saturated heterocycles. The van der Waals surface area contributed by atoms with Crippen molar-refractivity contribution in [3.8, 4) is 0 Å². The van der Waals surface area contributed by atoms with Crippen molar-refractivity contribution in [3.05, 3.63) is 29.6 Å². The van der Waals surface area contributed by atoms with Crippen LogP contribution in [-0.2, 0) is 0 Å². The Hall–Kier alpha value is -1.91. The summed E-state index contributed by atoms with van der Waals surface area (Å²) in [4.78, 5) is 25.3. The Kier molecular flexibility index (Phi) is 3.17. The number of rotatable bonds is 3. The second kappa shape index (κ2) is 4.36. The van der Waals surface area contributed by atoms with Gasteiger partial charge in [0.05, 0.1) is 5.56 Å². The van der Waals surface area contributed by atoms with E-state index < -0.39 is 5.97 Å². The first-order chi connectivity index (χ1) is 6.65.